The first kappa shape index (κ1) is 25.1. The largest absolute Gasteiger partial charge is 0.376 e. The highest BCUT2D eigenvalue weighted by Crippen LogP contribution is 2.27. The molecule has 0 bridgehead atoms. The van der Waals surface area contributed by atoms with E-state index in [0.717, 1.165) is 56.0 Å². The van der Waals surface area contributed by atoms with Crippen LogP contribution in [0, 0.1) is 6.92 Å². The van der Waals surface area contributed by atoms with E-state index in [4.69, 9.17) is 18.0 Å². The van der Waals surface area contributed by atoms with Gasteiger partial charge in [0.1, 0.15) is 0 Å². The summed E-state index contributed by atoms with van der Waals surface area (Å²) < 4.78 is 0. The Bertz CT molecular complexity index is 1020. The normalized spacial score (nSPS) is 13.9. The molecule has 5 nitrogen and oxygen atoms in total. The van der Waals surface area contributed by atoms with Crippen LogP contribution in [0.4, 0.5) is 11.4 Å². The first-order chi connectivity index (χ1) is 14.1. The van der Waals surface area contributed by atoms with Crippen LogP contribution in [0.1, 0.15) is 11.3 Å². The van der Waals surface area contributed by atoms with Crippen molar-refractivity contribution in [3.63, 3.8) is 0 Å². The smallest absolute Gasteiger partial charge is 0.168 e. The maximum atomic E-state index is 5.57. The van der Waals surface area contributed by atoms with Crippen LogP contribution in [0.2, 0.25) is 0 Å². The third kappa shape index (κ3) is 6.43. The van der Waals surface area contributed by atoms with E-state index in [1.165, 1.54) is 16.6 Å². The van der Waals surface area contributed by atoms with Crippen molar-refractivity contribution in [1.29, 1.82) is 0 Å². The molecule has 0 aliphatic carbocycles. The summed E-state index contributed by atoms with van der Waals surface area (Å²) >= 11 is 4.92. The lowest BCUT2D eigenvalue weighted by Crippen LogP contribution is -2.47. The number of aromatic nitrogens is 1. The minimum Gasteiger partial charge on any atom is -0.376 e. The van der Waals surface area contributed by atoms with Crippen molar-refractivity contribution < 1.29 is 0 Å². The molecule has 2 aromatic carbocycles. The van der Waals surface area contributed by atoms with Gasteiger partial charge in [0.15, 0.2) is 5.11 Å². The molecule has 0 saturated carbocycles. The van der Waals surface area contributed by atoms with Crippen molar-refractivity contribution in [2.45, 2.75) is 13.3 Å². The lowest BCUT2D eigenvalue weighted by Gasteiger charge is -2.36. The van der Waals surface area contributed by atoms with E-state index < -0.39 is 0 Å². The van der Waals surface area contributed by atoms with Crippen LogP contribution in [0.3, 0.4) is 0 Å². The van der Waals surface area contributed by atoms with Gasteiger partial charge in [-0.1, -0.05) is 18.2 Å². The van der Waals surface area contributed by atoms with Crippen LogP contribution in [-0.4, -0.2) is 47.7 Å². The van der Waals surface area contributed by atoms with E-state index >= 15 is 0 Å². The molecule has 166 valence electrons. The third-order valence-electron chi connectivity index (χ3n) is 5.47. The Labute approximate surface area is 201 Å². The zero-order chi connectivity index (χ0) is 20.2. The van der Waals surface area contributed by atoms with E-state index in [1.54, 1.807) is 0 Å². The predicted molar refractivity (Wildman–Crippen MR) is 140 cm³/mol. The van der Waals surface area contributed by atoms with Gasteiger partial charge in [0.25, 0.3) is 0 Å². The van der Waals surface area contributed by atoms with Crippen molar-refractivity contribution in [2.75, 3.05) is 42.9 Å². The Kier molecular flexibility index (Phi) is 9.32. The number of benzene rings is 2. The number of aryl methyl sites for hydroxylation is 1. The number of nitrogens with two attached hydrogens (primary N) is 1. The van der Waals surface area contributed by atoms with Gasteiger partial charge in [-0.3, -0.25) is 9.88 Å². The van der Waals surface area contributed by atoms with E-state index in [9.17, 15) is 0 Å². The van der Waals surface area contributed by atoms with Gasteiger partial charge < -0.3 is 16.0 Å². The summed E-state index contributed by atoms with van der Waals surface area (Å²) in [6, 6.07) is 19.1. The monoisotopic (exact) mass is 477 g/mol. The Balaban J connectivity index is 0.00000171. The van der Waals surface area contributed by atoms with Crippen molar-refractivity contribution in [3.8, 4) is 0 Å². The summed E-state index contributed by atoms with van der Waals surface area (Å²) in [5.74, 6) is 0. The van der Waals surface area contributed by atoms with E-state index in [-0.39, 0.29) is 24.8 Å². The second kappa shape index (κ2) is 11.5. The molecule has 1 aromatic heterocycles. The molecule has 0 atom stereocenters. The Hall–Kier alpha value is -2.12. The maximum absolute atomic E-state index is 5.57. The van der Waals surface area contributed by atoms with Crippen LogP contribution >= 0.6 is 37.0 Å². The first-order valence-electron chi connectivity index (χ1n) is 10.1. The van der Waals surface area contributed by atoms with Crippen LogP contribution in [0.15, 0.2) is 54.6 Å². The minimum atomic E-state index is 0. The molecule has 3 aromatic rings. The Morgan fingerprint density at radius 1 is 1.03 bits per heavy atom. The average molecular weight is 478 g/mol. The number of thiocarbonyl (C=S) groups is 1. The SMILES string of the molecule is Cc1ccc2c(N3CCN(CCc4cccc(NC(N)=S)c4)CC3)cccc2n1.Cl.Cl. The molecule has 31 heavy (non-hydrogen) atoms. The fourth-order valence-electron chi connectivity index (χ4n) is 3.96. The number of halogens is 2. The number of piperazine rings is 1. The number of nitrogens with one attached hydrogen (secondary N) is 1. The molecule has 0 amide bonds. The second-order valence-corrected chi connectivity index (χ2v) is 8.00. The summed E-state index contributed by atoms with van der Waals surface area (Å²) in [6.45, 7) is 7.31. The number of anilines is 2. The number of rotatable bonds is 5. The number of hydrogen-bond donors (Lipinski definition) is 2. The molecular formula is C23H29Cl2N5S. The molecule has 2 heterocycles. The molecule has 3 N–H and O–H groups in total. The van der Waals surface area contributed by atoms with Gasteiger partial charge in [-0.25, -0.2) is 0 Å². The van der Waals surface area contributed by atoms with Crippen LogP contribution < -0.4 is 16.0 Å². The van der Waals surface area contributed by atoms with E-state index in [0.29, 0.717) is 5.11 Å². The van der Waals surface area contributed by atoms with Crippen molar-refractivity contribution in [1.82, 2.24) is 9.88 Å². The standard InChI is InChI=1S/C23H27N5S.2ClH/c1-17-8-9-20-21(25-17)6-3-7-22(20)28-14-12-27(13-15-28)11-10-18-4-2-5-19(16-18)26-23(24)29;;/h2-9,16H,10-15H2,1H3,(H3,24,26,29);2*1H. The molecule has 0 radical (unpaired) electrons. The second-order valence-electron chi connectivity index (χ2n) is 7.56. The van der Waals surface area contributed by atoms with Crippen molar-refractivity contribution in [2.24, 2.45) is 5.73 Å². The highest BCUT2D eigenvalue weighted by molar-refractivity contribution is 7.80. The van der Waals surface area contributed by atoms with Gasteiger partial charge in [0, 0.05) is 55.2 Å². The highest BCUT2D eigenvalue weighted by Gasteiger charge is 2.18. The fourth-order valence-corrected chi connectivity index (χ4v) is 4.08. The predicted octanol–water partition coefficient (Wildman–Crippen LogP) is 4.41. The molecule has 4 rings (SSSR count). The van der Waals surface area contributed by atoms with Gasteiger partial charge in [0.2, 0.25) is 0 Å². The van der Waals surface area contributed by atoms with Crippen LogP contribution in [0.5, 0.6) is 0 Å². The van der Waals surface area contributed by atoms with Crippen molar-refractivity contribution in [3.05, 3.63) is 65.9 Å². The molecule has 0 spiro atoms. The van der Waals surface area contributed by atoms with E-state index in [1.807, 2.05) is 19.1 Å². The minimum absolute atomic E-state index is 0. The zero-order valence-electron chi connectivity index (χ0n) is 17.6. The average Bonchev–Trinajstić information content (AvgIpc) is 2.72. The number of nitrogens with zero attached hydrogens (tertiary/aromatic N) is 3. The Morgan fingerprint density at radius 2 is 1.77 bits per heavy atom. The summed E-state index contributed by atoms with van der Waals surface area (Å²) in [4.78, 5) is 9.70. The fraction of sp³-hybridized carbons (Fsp3) is 0.304. The molecule has 1 aliphatic rings. The topological polar surface area (TPSA) is 57.4 Å². The molecule has 1 fully saturated rings. The summed E-state index contributed by atoms with van der Waals surface area (Å²) in [7, 11) is 0. The highest BCUT2D eigenvalue weighted by atomic mass is 35.5. The zero-order valence-corrected chi connectivity index (χ0v) is 20.0. The van der Waals surface area contributed by atoms with E-state index in [2.05, 4.69) is 62.6 Å². The third-order valence-corrected chi connectivity index (χ3v) is 5.57. The lowest BCUT2D eigenvalue weighted by molar-refractivity contribution is 0.261. The van der Waals surface area contributed by atoms with Gasteiger partial charge in [-0.2, -0.15) is 0 Å². The van der Waals surface area contributed by atoms with Crippen LogP contribution in [0.25, 0.3) is 10.9 Å². The Morgan fingerprint density at radius 3 is 2.52 bits per heavy atom. The number of fused-ring (bicyclic) bond motifs is 1. The maximum Gasteiger partial charge on any atom is 0.168 e. The number of hydrogen-bond acceptors (Lipinski definition) is 4. The van der Waals surface area contributed by atoms with Gasteiger partial charge in [0.05, 0.1) is 5.52 Å². The number of pyridine rings is 1. The molecule has 8 heteroatoms. The first-order valence-corrected chi connectivity index (χ1v) is 10.5. The summed E-state index contributed by atoms with van der Waals surface area (Å²) in [5, 5.41) is 4.56. The van der Waals surface area contributed by atoms with Gasteiger partial charge in [-0.15, -0.1) is 24.8 Å². The van der Waals surface area contributed by atoms with Gasteiger partial charge in [-0.05, 0) is 67.5 Å². The van der Waals surface area contributed by atoms with Gasteiger partial charge >= 0.3 is 0 Å². The molecule has 1 aliphatic heterocycles. The summed E-state index contributed by atoms with van der Waals surface area (Å²) in [6.07, 6.45) is 1.02. The molecular weight excluding hydrogens is 449 g/mol. The van der Waals surface area contributed by atoms with Crippen molar-refractivity contribution >= 4 is 64.4 Å². The van der Waals surface area contributed by atoms with Crippen LogP contribution in [-0.2, 0) is 6.42 Å². The quantitative estimate of drug-likeness (QED) is 0.530. The molecule has 0 unspecified atom stereocenters. The summed E-state index contributed by atoms with van der Waals surface area (Å²) in [5.41, 5.74) is 11.3. The molecule has 1 saturated heterocycles. The lowest BCUT2D eigenvalue weighted by atomic mass is 10.1.